The highest BCUT2D eigenvalue weighted by atomic mass is 16.2. The Kier molecular flexibility index (Phi) is 4.51. The molecule has 1 aliphatic heterocycles. The number of hydrogen-bond acceptors (Lipinski definition) is 1. The highest BCUT2D eigenvalue weighted by Crippen LogP contribution is 2.32. The van der Waals surface area contributed by atoms with Crippen molar-refractivity contribution in [1.29, 1.82) is 0 Å². The fraction of sp³-hybridized carbons (Fsp3) is 0.476. The number of aromatic amines is 1. The number of aromatic nitrogens is 1. The van der Waals surface area contributed by atoms with Gasteiger partial charge in [-0.1, -0.05) is 43.5 Å². The summed E-state index contributed by atoms with van der Waals surface area (Å²) in [5.74, 6) is 0. The molecule has 25 heavy (non-hydrogen) atoms. The van der Waals surface area contributed by atoms with Gasteiger partial charge in [-0.15, -0.1) is 0 Å². The number of aryl methyl sites for hydroxylation is 1. The molecule has 0 radical (unpaired) electrons. The van der Waals surface area contributed by atoms with Crippen molar-refractivity contribution in [2.75, 3.05) is 13.1 Å². The van der Waals surface area contributed by atoms with E-state index in [1.165, 1.54) is 47.0 Å². The molecule has 0 saturated heterocycles. The summed E-state index contributed by atoms with van der Waals surface area (Å²) in [6, 6.07) is 8.94. The van der Waals surface area contributed by atoms with E-state index in [0.717, 1.165) is 25.8 Å². The molecule has 2 heterocycles. The molecule has 0 spiro atoms. The zero-order valence-electron chi connectivity index (χ0n) is 15.0. The lowest BCUT2D eigenvalue weighted by molar-refractivity contribution is 0.195. The number of amides is 2. The van der Waals surface area contributed by atoms with Crippen molar-refractivity contribution < 1.29 is 4.79 Å². The molecule has 2 aromatic rings. The van der Waals surface area contributed by atoms with Crippen LogP contribution in [0.2, 0.25) is 0 Å². The van der Waals surface area contributed by atoms with Crippen molar-refractivity contribution in [1.82, 2.24) is 15.2 Å². The Hall–Kier alpha value is -2.23. The number of para-hydroxylation sites is 1. The monoisotopic (exact) mass is 337 g/mol. The van der Waals surface area contributed by atoms with Gasteiger partial charge >= 0.3 is 6.03 Å². The van der Waals surface area contributed by atoms with Crippen LogP contribution in [0.4, 0.5) is 4.79 Å². The highest BCUT2D eigenvalue weighted by Gasteiger charge is 2.23. The van der Waals surface area contributed by atoms with Gasteiger partial charge in [0.15, 0.2) is 0 Å². The van der Waals surface area contributed by atoms with Crippen LogP contribution in [0.1, 0.15) is 49.8 Å². The lowest BCUT2D eigenvalue weighted by Crippen LogP contribution is -2.46. The summed E-state index contributed by atoms with van der Waals surface area (Å²) in [6.07, 6.45) is 9.22. The van der Waals surface area contributed by atoms with Crippen molar-refractivity contribution in [3.8, 4) is 0 Å². The molecule has 1 fully saturated rings. The molecule has 1 aromatic heterocycles. The van der Waals surface area contributed by atoms with Gasteiger partial charge in [-0.3, -0.25) is 0 Å². The van der Waals surface area contributed by atoms with E-state index in [9.17, 15) is 4.79 Å². The third kappa shape index (κ3) is 3.30. The highest BCUT2D eigenvalue weighted by molar-refractivity contribution is 5.94. The number of urea groups is 1. The Labute approximate surface area is 149 Å². The standard InChI is InChI=1S/C21H27N3O/c1-15-20(18-9-5-6-10-19(18)22-15)16-11-13-24(14-12-16)21(25)23-17-7-3-2-4-8-17/h5-6,9-11,17,22H,2-4,7-8,12-14H2,1H3,(H,23,25). The maximum absolute atomic E-state index is 12.5. The van der Waals surface area contributed by atoms with E-state index < -0.39 is 0 Å². The Morgan fingerprint density at radius 1 is 1.20 bits per heavy atom. The summed E-state index contributed by atoms with van der Waals surface area (Å²) in [6.45, 7) is 3.63. The first kappa shape index (κ1) is 16.2. The van der Waals surface area contributed by atoms with Crippen LogP contribution in [0.25, 0.3) is 16.5 Å². The third-order valence-corrected chi connectivity index (χ3v) is 5.64. The maximum atomic E-state index is 12.5. The smallest absolute Gasteiger partial charge is 0.317 e. The van der Waals surface area contributed by atoms with Crippen LogP contribution < -0.4 is 5.32 Å². The predicted octanol–water partition coefficient (Wildman–Crippen LogP) is 4.61. The maximum Gasteiger partial charge on any atom is 0.317 e. The molecule has 0 atom stereocenters. The second-order valence-electron chi connectivity index (χ2n) is 7.38. The van der Waals surface area contributed by atoms with E-state index in [-0.39, 0.29) is 6.03 Å². The van der Waals surface area contributed by atoms with Crippen LogP contribution in [0, 0.1) is 6.92 Å². The van der Waals surface area contributed by atoms with E-state index in [0.29, 0.717) is 12.6 Å². The molecule has 4 rings (SSSR count). The Morgan fingerprint density at radius 2 is 2.00 bits per heavy atom. The van der Waals surface area contributed by atoms with E-state index in [4.69, 9.17) is 0 Å². The number of benzene rings is 1. The van der Waals surface area contributed by atoms with Crippen LogP contribution in [-0.2, 0) is 0 Å². The van der Waals surface area contributed by atoms with Crippen LogP contribution in [-0.4, -0.2) is 35.0 Å². The number of carbonyl (C=O) groups is 1. The largest absolute Gasteiger partial charge is 0.358 e. The van der Waals surface area contributed by atoms with Crippen molar-refractivity contribution >= 4 is 22.5 Å². The van der Waals surface area contributed by atoms with E-state index in [1.807, 2.05) is 4.90 Å². The lowest BCUT2D eigenvalue weighted by atomic mass is 9.95. The minimum atomic E-state index is 0.109. The van der Waals surface area contributed by atoms with E-state index >= 15 is 0 Å². The first-order chi connectivity index (χ1) is 12.2. The average Bonchev–Trinajstić information content (AvgIpc) is 2.98. The van der Waals surface area contributed by atoms with Gasteiger partial charge in [0.25, 0.3) is 0 Å². The van der Waals surface area contributed by atoms with Gasteiger partial charge in [-0.05, 0) is 37.8 Å². The molecule has 0 unspecified atom stereocenters. The molecule has 1 saturated carbocycles. The summed E-state index contributed by atoms with van der Waals surface area (Å²) in [4.78, 5) is 17.9. The number of nitrogens with one attached hydrogen (secondary N) is 2. The Bertz CT molecular complexity index is 799. The minimum absolute atomic E-state index is 0.109. The summed E-state index contributed by atoms with van der Waals surface area (Å²) in [7, 11) is 0. The number of H-pyrrole nitrogens is 1. The third-order valence-electron chi connectivity index (χ3n) is 5.64. The van der Waals surface area contributed by atoms with Gasteiger partial charge in [-0.25, -0.2) is 4.79 Å². The SMILES string of the molecule is Cc1[nH]c2ccccc2c1C1=CCN(C(=O)NC2CCCCC2)CC1. The van der Waals surface area contributed by atoms with Crippen LogP contribution in [0.5, 0.6) is 0 Å². The fourth-order valence-electron chi connectivity index (χ4n) is 4.28. The Morgan fingerprint density at radius 3 is 2.76 bits per heavy atom. The topological polar surface area (TPSA) is 48.1 Å². The molecule has 4 heteroatoms. The number of fused-ring (bicyclic) bond motifs is 1. The lowest BCUT2D eigenvalue weighted by Gasteiger charge is -2.30. The van der Waals surface area contributed by atoms with E-state index in [1.54, 1.807) is 0 Å². The van der Waals surface area contributed by atoms with Gasteiger partial charge in [-0.2, -0.15) is 0 Å². The molecule has 2 aliphatic rings. The van der Waals surface area contributed by atoms with Crippen LogP contribution in [0.3, 0.4) is 0 Å². The molecule has 1 aromatic carbocycles. The predicted molar refractivity (Wildman–Crippen MR) is 103 cm³/mol. The van der Waals surface area contributed by atoms with Crippen molar-refractivity contribution in [2.45, 2.75) is 51.5 Å². The van der Waals surface area contributed by atoms with Crippen LogP contribution >= 0.6 is 0 Å². The second-order valence-corrected chi connectivity index (χ2v) is 7.38. The molecule has 4 nitrogen and oxygen atoms in total. The molecule has 2 amide bonds. The quantitative estimate of drug-likeness (QED) is 0.826. The summed E-state index contributed by atoms with van der Waals surface area (Å²) in [5, 5.41) is 4.51. The Balaban J connectivity index is 1.46. The normalized spacial score (nSPS) is 19.1. The average molecular weight is 337 g/mol. The zero-order valence-corrected chi connectivity index (χ0v) is 15.0. The summed E-state index contributed by atoms with van der Waals surface area (Å²) >= 11 is 0. The van der Waals surface area contributed by atoms with Crippen molar-refractivity contribution in [2.24, 2.45) is 0 Å². The number of carbonyl (C=O) groups excluding carboxylic acids is 1. The van der Waals surface area contributed by atoms with Gasteiger partial charge in [0.2, 0.25) is 0 Å². The van der Waals surface area contributed by atoms with Gasteiger partial charge in [0, 0.05) is 41.3 Å². The van der Waals surface area contributed by atoms with E-state index in [2.05, 4.69) is 47.6 Å². The minimum Gasteiger partial charge on any atom is -0.358 e. The molecule has 2 N–H and O–H groups in total. The molecule has 1 aliphatic carbocycles. The second kappa shape index (κ2) is 6.95. The number of hydrogen-bond donors (Lipinski definition) is 2. The molecular formula is C21H27N3O. The first-order valence-corrected chi connectivity index (χ1v) is 9.54. The van der Waals surface area contributed by atoms with Gasteiger partial charge in [0.05, 0.1) is 0 Å². The first-order valence-electron chi connectivity index (χ1n) is 9.54. The van der Waals surface area contributed by atoms with Crippen molar-refractivity contribution in [3.05, 3.63) is 41.6 Å². The molecule has 0 bridgehead atoms. The van der Waals surface area contributed by atoms with Crippen LogP contribution in [0.15, 0.2) is 30.3 Å². The number of rotatable bonds is 2. The van der Waals surface area contributed by atoms with Crippen molar-refractivity contribution in [3.63, 3.8) is 0 Å². The number of nitrogens with zero attached hydrogens (tertiary/aromatic N) is 1. The molecule has 132 valence electrons. The van der Waals surface area contributed by atoms with Gasteiger partial charge in [0.1, 0.15) is 0 Å². The molecular weight excluding hydrogens is 310 g/mol. The van der Waals surface area contributed by atoms with Gasteiger partial charge < -0.3 is 15.2 Å². The summed E-state index contributed by atoms with van der Waals surface area (Å²) < 4.78 is 0. The zero-order chi connectivity index (χ0) is 17.2. The fourth-order valence-corrected chi connectivity index (χ4v) is 4.28. The summed E-state index contributed by atoms with van der Waals surface area (Å²) in [5.41, 5.74) is 5.08.